The van der Waals surface area contributed by atoms with Gasteiger partial charge in [0.2, 0.25) is 10.0 Å². The van der Waals surface area contributed by atoms with Crippen molar-refractivity contribution >= 4 is 27.5 Å². The van der Waals surface area contributed by atoms with Crippen molar-refractivity contribution in [2.24, 2.45) is 0 Å². The quantitative estimate of drug-likeness (QED) is 0.458. The normalized spacial score (nSPS) is 11.4. The number of aromatic nitrogens is 2. The van der Waals surface area contributed by atoms with E-state index in [2.05, 4.69) is 15.1 Å². The number of nitrogens with one attached hydrogen (secondary N) is 2. The number of carbonyl (C=O) groups excluding carboxylic acids is 1. The number of amides is 1. The average molecular weight is 481 g/mol. The van der Waals surface area contributed by atoms with Crippen molar-refractivity contribution in [2.75, 3.05) is 20.2 Å². The number of ether oxygens (including phenoxy) is 1. The van der Waals surface area contributed by atoms with Gasteiger partial charge < -0.3 is 10.1 Å². The van der Waals surface area contributed by atoms with Gasteiger partial charge in [-0.15, -0.1) is 0 Å². The van der Waals surface area contributed by atoms with E-state index in [9.17, 15) is 17.6 Å². The molecular weight excluding hydrogens is 459 g/mol. The molecule has 0 fully saturated rings. The summed E-state index contributed by atoms with van der Waals surface area (Å²) < 4.78 is 46.6. The van der Waals surface area contributed by atoms with E-state index < -0.39 is 15.9 Å². The molecule has 0 spiro atoms. The molecule has 0 bridgehead atoms. The molecule has 2 N–H and O–H groups in total. The predicted octanol–water partition coefficient (Wildman–Crippen LogP) is 2.75. The minimum absolute atomic E-state index is 0.0134. The minimum Gasteiger partial charge on any atom is -0.497 e. The first-order chi connectivity index (χ1) is 15.2. The van der Waals surface area contributed by atoms with E-state index in [0.717, 1.165) is 5.56 Å². The Balaban J connectivity index is 1.57. The molecule has 170 valence electrons. The molecule has 2 aromatic carbocycles. The van der Waals surface area contributed by atoms with Crippen molar-refractivity contribution < 1.29 is 22.3 Å². The first-order valence-electron chi connectivity index (χ1n) is 9.60. The van der Waals surface area contributed by atoms with Crippen LogP contribution in [0, 0.1) is 12.7 Å². The van der Waals surface area contributed by atoms with Crippen LogP contribution < -0.4 is 14.8 Å². The lowest BCUT2D eigenvalue weighted by Gasteiger charge is -2.09. The largest absolute Gasteiger partial charge is 0.497 e. The molecule has 0 saturated carbocycles. The molecule has 3 aromatic rings. The summed E-state index contributed by atoms with van der Waals surface area (Å²) in [6, 6.07) is 11.8. The zero-order chi connectivity index (χ0) is 23.3. The molecule has 8 nitrogen and oxygen atoms in total. The van der Waals surface area contributed by atoms with Gasteiger partial charge in [0.1, 0.15) is 16.7 Å². The summed E-state index contributed by atoms with van der Waals surface area (Å²) in [5.74, 6) is -0.274. The van der Waals surface area contributed by atoms with Crippen LogP contribution >= 0.6 is 11.6 Å². The van der Waals surface area contributed by atoms with E-state index in [1.807, 2.05) is 0 Å². The molecule has 0 radical (unpaired) electrons. The van der Waals surface area contributed by atoms with Crippen molar-refractivity contribution in [3.63, 3.8) is 0 Å². The number of benzene rings is 2. The summed E-state index contributed by atoms with van der Waals surface area (Å²) >= 11 is 6.34. The van der Waals surface area contributed by atoms with Crippen LogP contribution in [0.2, 0.25) is 5.15 Å². The first kappa shape index (κ1) is 23.7. The van der Waals surface area contributed by atoms with E-state index in [-0.39, 0.29) is 41.1 Å². The Hall–Kier alpha value is -2.95. The summed E-state index contributed by atoms with van der Waals surface area (Å²) in [5.41, 5.74) is 1.40. The van der Waals surface area contributed by atoms with Crippen LogP contribution in [0.15, 0.2) is 53.4 Å². The van der Waals surface area contributed by atoms with Crippen LogP contribution in [0.3, 0.4) is 0 Å². The number of methoxy groups -OCH3 is 1. The van der Waals surface area contributed by atoms with Crippen molar-refractivity contribution in [3.8, 4) is 5.75 Å². The van der Waals surface area contributed by atoms with E-state index in [1.165, 1.54) is 36.1 Å². The predicted molar refractivity (Wildman–Crippen MR) is 118 cm³/mol. The second-order valence-electron chi connectivity index (χ2n) is 6.86. The number of aryl methyl sites for hydroxylation is 1. The Bertz CT molecular complexity index is 1200. The molecular formula is C21H22ClFN4O4S. The second-order valence-corrected chi connectivity index (χ2v) is 8.99. The highest BCUT2D eigenvalue weighted by Crippen LogP contribution is 2.21. The lowest BCUT2D eigenvalue weighted by atomic mass is 10.2. The van der Waals surface area contributed by atoms with E-state index >= 15 is 0 Å². The molecule has 0 atom stereocenters. The average Bonchev–Trinajstić information content (AvgIpc) is 3.05. The highest BCUT2D eigenvalue weighted by Gasteiger charge is 2.20. The van der Waals surface area contributed by atoms with Crippen molar-refractivity contribution in [1.29, 1.82) is 0 Å². The first-order valence-corrected chi connectivity index (χ1v) is 11.5. The number of sulfonamides is 1. The Morgan fingerprint density at radius 3 is 2.41 bits per heavy atom. The standard InChI is InChI=1S/C21H22ClFN4O4S/c1-14-19(20(22)27(26-14)13-15-3-5-16(23)6-4-15)21(28)24-11-12-25-32(29,30)18-9-7-17(31-2)8-10-18/h3-10,25H,11-13H2,1-2H3,(H,24,28). The van der Waals surface area contributed by atoms with Gasteiger partial charge in [-0.25, -0.2) is 22.2 Å². The third-order valence-corrected chi connectivity index (χ3v) is 6.47. The highest BCUT2D eigenvalue weighted by molar-refractivity contribution is 7.89. The molecule has 0 saturated heterocycles. The van der Waals surface area contributed by atoms with Gasteiger partial charge in [0, 0.05) is 13.1 Å². The maximum Gasteiger partial charge on any atom is 0.256 e. The number of hydrogen-bond acceptors (Lipinski definition) is 5. The lowest BCUT2D eigenvalue weighted by molar-refractivity contribution is 0.0954. The van der Waals surface area contributed by atoms with Gasteiger partial charge in [0.25, 0.3) is 5.91 Å². The van der Waals surface area contributed by atoms with Gasteiger partial charge in [0.15, 0.2) is 0 Å². The topological polar surface area (TPSA) is 102 Å². The second kappa shape index (κ2) is 10.1. The van der Waals surface area contributed by atoms with Crippen LogP contribution in [-0.4, -0.2) is 44.3 Å². The van der Waals surface area contributed by atoms with Gasteiger partial charge in [-0.1, -0.05) is 23.7 Å². The molecule has 0 aliphatic carbocycles. The monoisotopic (exact) mass is 480 g/mol. The van der Waals surface area contributed by atoms with Crippen molar-refractivity contribution in [1.82, 2.24) is 19.8 Å². The van der Waals surface area contributed by atoms with Crippen LogP contribution in [0.25, 0.3) is 0 Å². The fourth-order valence-electron chi connectivity index (χ4n) is 2.97. The summed E-state index contributed by atoms with van der Waals surface area (Å²) in [5, 5.41) is 7.05. The number of halogens is 2. The molecule has 0 unspecified atom stereocenters. The SMILES string of the molecule is COc1ccc(S(=O)(=O)NCCNC(=O)c2c(C)nn(Cc3ccc(F)cc3)c2Cl)cc1. The van der Waals surface area contributed by atoms with Crippen LogP contribution in [-0.2, 0) is 16.6 Å². The van der Waals surface area contributed by atoms with Gasteiger partial charge in [-0.2, -0.15) is 5.10 Å². The van der Waals surface area contributed by atoms with E-state index in [4.69, 9.17) is 16.3 Å². The summed E-state index contributed by atoms with van der Waals surface area (Å²) in [6.07, 6.45) is 0. The fraction of sp³-hybridized carbons (Fsp3) is 0.238. The van der Waals surface area contributed by atoms with E-state index in [1.54, 1.807) is 31.2 Å². The van der Waals surface area contributed by atoms with Gasteiger partial charge >= 0.3 is 0 Å². The Labute approximate surface area is 190 Å². The summed E-state index contributed by atoms with van der Waals surface area (Å²) in [7, 11) is -2.23. The zero-order valence-corrected chi connectivity index (χ0v) is 19.0. The molecule has 0 aliphatic rings. The number of carbonyl (C=O) groups is 1. The fourth-order valence-corrected chi connectivity index (χ4v) is 4.32. The third kappa shape index (κ3) is 5.64. The van der Waals surface area contributed by atoms with Crippen LogP contribution in [0.5, 0.6) is 5.75 Å². The van der Waals surface area contributed by atoms with Gasteiger partial charge in [0.05, 0.1) is 29.8 Å². The Morgan fingerprint density at radius 2 is 1.78 bits per heavy atom. The molecule has 32 heavy (non-hydrogen) atoms. The molecule has 1 aromatic heterocycles. The van der Waals surface area contributed by atoms with E-state index in [0.29, 0.717) is 11.4 Å². The third-order valence-electron chi connectivity index (χ3n) is 4.61. The molecule has 1 amide bonds. The smallest absolute Gasteiger partial charge is 0.256 e. The molecule has 0 aliphatic heterocycles. The zero-order valence-electron chi connectivity index (χ0n) is 17.4. The van der Waals surface area contributed by atoms with Gasteiger partial charge in [-0.05, 0) is 48.9 Å². The maximum atomic E-state index is 13.1. The summed E-state index contributed by atoms with van der Waals surface area (Å²) in [4.78, 5) is 12.7. The van der Waals surface area contributed by atoms with Crippen LogP contribution in [0.1, 0.15) is 21.6 Å². The minimum atomic E-state index is -3.72. The number of hydrogen-bond donors (Lipinski definition) is 2. The maximum absolute atomic E-state index is 13.1. The highest BCUT2D eigenvalue weighted by atomic mass is 35.5. The number of rotatable bonds is 9. The lowest BCUT2D eigenvalue weighted by Crippen LogP contribution is -2.35. The van der Waals surface area contributed by atoms with Crippen molar-refractivity contribution in [2.45, 2.75) is 18.4 Å². The summed E-state index contributed by atoms with van der Waals surface area (Å²) in [6.45, 7) is 1.96. The van der Waals surface area contributed by atoms with Crippen LogP contribution in [0.4, 0.5) is 4.39 Å². The van der Waals surface area contributed by atoms with Gasteiger partial charge in [-0.3, -0.25) is 4.79 Å². The Morgan fingerprint density at radius 1 is 1.12 bits per heavy atom. The number of nitrogens with zero attached hydrogens (tertiary/aromatic N) is 2. The van der Waals surface area contributed by atoms with Crippen molar-refractivity contribution in [3.05, 3.63) is 76.3 Å². The molecule has 1 heterocycles. The molecule has 3 rings (SSSR count). The molecule has 11 heteroatoms. The Kier molecular flexibility index (Phi) is 7.49.